The summed E-state index contributed by atoms with van der Waals surface area (Å²) in [7, 11) is 0. The van der Waals surface area contributed by atoms with Crippen LogP contribution in [0.2, 0.25) is 0 Å². The fraction of sp³-hybridized carbons (Fsp3) is 0.533. The number of morpholine rings is 1. The van der Waals surface area contributed by atoms with Crippen LogP contribution in [0.1, 0.15) is 28.0 Å². The summed E-state index contributed by atoms with van der Waals surface area (Å²) in [6.45, 7) is 8.98. The van der Waals surface area contributed by atoms with Crippen molar-refractivity contribution in [3.63, 3.8) is 0 Å². The Balaban J connectivity index is 2.13. The van der Waals surface area contributed by atoms with Gasteiger partial charge in [-0.2, -0.15) is 0 Å². The predicted octanol–water partition coefficient (Wildman–Crippen LogP) is 2.32. The van der Waals surface area contributed by atoms with Gasteiger partial charge in [-0.1, -0.05) is 0 Å². The molecule has 2 aromatic heterocycles. The molecule has 0 N–H and O–H groups in total. The van der Waals surface area contributed by atoms with Crippen LogP contribution in [-0.4, -0.2) is 48.8 Å². The molecule has 118 valence electrons. The van der Waals surface area contributed by atoms with Gasteiger partial charge < -0.3 is 14.4 Å². The van der Waals surface area contributed by atoms with E-state index in [1.54, 1.807) is 0 Å². The fourth-order valence-corrected chi connectivity index (χ4v) is 3.73. The highest BCUT2D eigenvalue weighted by Crippen LogP contribution is 2.36. The maximum atomic E-state index is 12.1. The van der Waals surface area contributed by atoms with Crippen molar-refractivity contribution in [1.82, 2.24) is 9.97 Å². The number of nitrogens with zero attached hydrogens (tertiary/aromatic N) is 3. The van der Waals surface area contributed by atoms with Gasteiger partial charge in [-0.15, -0.1) is 11.3 Å². The first-order valence-electron chi connectivity index (χ1n) is 7.39. The second-order valence-corrected chi connectivity index (χ2v) is 6.15. The van der Waals surface area contributed by atoms with Crippen molar-refractivity contribution in [3.05, 3.63) is 16.3 Å². The number of fused-ring (bicyclic) bond motifs is 1. The minimum Gasteiger partial charge on any atom is -0.462 e. The van der Waals surface area contributed by atoms with Crippen LogP contribution < -0.4 is 4.90 Å². The zero-order chi connectivity index (χ0) is 15.7. The number of anilines is 1. The Kier molecular flexibility index (Phi) is 4.26. The summed E-state index contributed by atoms with van der Waals surface area (Å²) in [6.07, 6.45) is 0. The second-order valence-electron chi connectivity index (χ2n) is 5.15. The van der Waals surface area contributed by atoms with Crippen LogP contribution >= 0.6 is 11.3 Å². The van der Waals surface area contributed by atoms with Crippen LogP contribution in [-0.2, 0) is 9.47 Å². The average Bonchev–Trinajstić information content (AvgIpc) is 2.84. The Hall–Kier alpha value is -1.73. The lowest BCUT2D eigenvalue weighted by atomic mass is 10.2. The Morgan fingerprint density at radius 1 is 1.32 bits per heavy atom. The Bertz CT molecular complexity index is 708. The summed E-state index contributed by atoms with van der Waals surface area (Å²) in [5.41, 5.74) is 0.903. The predicted molar refractivity (Wildman–Crippen MR) is 85.9 cm³/mol. The highest BCUT2D eigenvalue weighted by atomic mass is 32.1. The van der Waals surface area contributed by atoms with Crippen molar-refractivity contribution in [2.24, 2.45) is 0 Å². The molecule has 0 amide bonds. The van der Waals surface area contributed by atoms with Crippen molar-refractivity contribution in [2.45, 2.75) is 20.8 Å². The van der Waals surface area contributed by atoms with E-state index in [0.29, 0.717) is 30.5 Å². The Morgan fingerprint density at radius 3 is 2.73 bits per heavy atom. The summed E-state index contributed by atoms with van der Waals surface area (Å²) in [5.74, 6) is 1.33. The summed E-state index contributed by atoms with van der Waals surface area (Å²) < 4.78 is 10.6. The molecule has 0 saturated carbocycles. The zero-order valence-corrected chi connectivity index (χ0v) is 13.8. The van der Waals surface area contributed by atoms with Gasteiger partial charge in [0, 0.05) is 13.1 Å². The van der Waals surface area contributed by atoms with Gasteiger partial charge in [0.2, 0.25) is 0 Å². The van der Waals surface area contributed by atoms with Gasteiger partial charge in [-0.05, 0) is 26.3 Å². The number of rotatable bonds is 3. The zero-order valence-electron chi connectivity index (χ0n) is 13.0. The summed E-state index contributed by atoms with van der Waals surface area (Å²) in [5, 5.41) is 0.959. The van der Waals surface area contributed by atoms with E-state index in [9.17, 15) is 4.79 Å². The largest absolute Gasteiger partial charge is 0.462 e. The molecule has 6 nitrogen and oxygen atoms in total. The van der Waals surface area contributed by atoms with Crippen molar-refractivity contribution < 1.29 is 14.3 Å². The van der Waals surface area contributed by atoms with Crippen LogP contribution in [0.15, 0.2) is 0 Å². The number of carbonyl (C=O) groups excluding carboxylic acids is 1. The van der Waals surface area contributed by atoms with E-state index in [4.69, 9.17) is 9.47 Å². The van der Waals surface area contributed by atoms with E-state index >= 15 is 0 Å². The molecule has 0 radical (unpaired) electrons. The second kappa shape index (κ2) is 6.18. The lowest BCUT2D eigenvalue weighted by molar-refractivity contribution is 0.0531. The van der Waals surface area contributed by atoms with E-state index in [2.05, 4.69) is 14.9 Å². The Morgan fingerprint density at radius 2 is 2.05 bits per heavy atom. The highest BCUT2D eigenvalue weighted by molar-refractivity contribution is 7.20. The molecular formula is C15H19N3O3S. The minimum absolute atomic E-state index is 0.284. The van der Waals surface area contributed by atoms with Gasteiger partial charge in [0.15, 0.2) is 0 Å². The molecule has 1 aliphatic rings. The van der Waals surface area contributed by atoms with Crippen LogP contribution in [0, 0.1) is 13.8 Å². The molecule has 0 atom stereocenters. The molecule has 2 aromatic rings. The number of aryl methyl sites for hydroxylation is 2. The molecule has 0 bridgehead atoms. The average molecular weight is 321 g/mol. The number of ether oxygens (including phenoxy) is 2. The van der Waals surface area contributed by atoms with Gasteiger partial charge in [0.25, 0.3) is 0 Å². The maximum absolute atomic E-state index is 12.1. The third kappa shape index (κ3) is 2.66. The number of carbonyl (C=O) groups is 1. The van der Waals surface area contributed by atoms with E-state index in [0.717, 1.165) is 34.7 Å². The number of hydrogen-bond donors (Lipinski definition) is 0. The number of esters is 1. The molecule has 3 rings (SSSR count). The van der Waals surface area contributed by atoms with E-state index < -0.39 is 0 Å². The van der Waals surface area contributed by atoms with Crippen molar-refractivity contribution >= 4 is 33.3 Å². The molecule has 0 unspecified atom stereocenters. The highest BCUT2D eigenvalue weighted by Gasteiger charge is 2.24. The van der Waals surface area contributed by atoms with Gasteiger partial charge in [0.05, 0.1) is 25.2 Å². The topological polar surface area (TPSA) is 64.5 Å². The first-order chi connectivity index (χ1) is 10.6. The van der Waals surface area contributed by atoms with Gasteiger partial charge in [-0.25, -0.2) is 14.8 Å². The molecular weight excluding hydrogens is 302 g/mol. The van der Waals surface area contributed by atoms with Crippen LogP contribution in [0.5, 0.6) is 0 Å². The SMILES string of the molecule is CCOC(=O)c1sc2nc(C)nc(N3CCOCC3)c2c1C. The molecule has 1 aliphatic heterocycles. The van der Waals surface area contributed by atoms with Crippen LogP contribution in [0.3, 0.4) is 0 Å². The number of aromatic nitrogens is 2. The minimum atomic E-state index is -0.284. The molecule has 7 heteroatoms. The first kappa shape index (κ1) is 15.2. The quantitative estimate of drug-likeness (QED) is 0.809. The van der Waals surface area contributed by atoms with Gasteiger partial charge in [-0.3, -0.25) is 0 Å². The standard InChI is InChI=1S/C15H19N3O3S/c1-4-21-15(19)12-9(2)11-13(18-5-7-20-8-6-18)16-10(3)17-14(11)22-12/h4-8H2,1-3H3. The third-order valence-corrected chi connectivity index (χ3v) is 4.82. The smallest absolute Gasteiger partial charge is 0.348 e. The number of thiophene rings is 1. The fourth-order valence-electron chi connectivity index (χ4n) is 2.62. The lowest BCUT2D eigenvalue weighted by Crippen LogP contribution is -2.37. The van der Waals surface area contributed by atoms with E-state index in [-0.39, 0.29) is 5.97 Å². The van der Waals surface area contributed by atoms with E-state index in [1.807, 2.05) is 20.8 Å². The molecule has 0 aliphatic carbocycles. The lowest BCUT2D eigenvalue weighted by Gasteiger charge is -2.28. The van der Waals surface area contributed by atoms with Crippen molar-refractivity contribution in [1.29, 1.82) is 0 Å². The van der Waals surface area contributed by atoms with E-state index in [1.165, 1.54) is 11.3 Å². The molecule has 3 heterocycles. The molecule has 1 fully saturated rings. The third-order valence-electron chi connectivity index (χ3n) is 3.65. The first-order valence-corrected chi connectivity index (χ1v) is 8.21. The molecule has 0 spiro atoms. The molecule has 0 aromatic carbocycles. The normalized spacial score (nSPS) is 15.3. The maximum Gasteiger partial charge on any atom is 0.348 e. The van der Waals surface area contributed by atoms with Crippen LogP contribution in [0.25, 0.3) is 10.2 Å². The number of hydrogen-bond acceptors (Lipinski definition) is 7. The summed E-state index contributed by atoms with van der Waals surface area (Å²) in [4.78, 5) is 24.9. The summed E-state index contributed by atoms with van der Waals surface area (Å²) in [6, 6.07) is 0. The van der Waals surface area contributed by atoms with Gasteiger partial charge in [0.1, 0.15) is 21.3 Å². The van der Waals surface area contributed by atoms with Crippen molar-refractivity contribution in [3.8, 4) is 0 Å². The monoisotopic (exact) mass is 321 g/mol. The van der Waals surface area contributed by atoms with Gasteiger partial charge >= 0.3 is 5.97 Å². The molecule has 22 heavy (non-hydrogen) atoms. The van der Waals surface area contributed by atoms with Crippen LogP contribution in [0.4, 0.5) is 5.82 Å². The molecule has 1 saturated heterocycles. The Labute approximate surface area is 133 Å². The summed E-state index contributed by atoms with van der Waals surface area (Å²) >= 11 is 1.38. The van der Waals surface area contributed by atoms with Crippen molar-refractivity contribution in [2.75, 3.05) is 37.8 Å².